The molecule has 1 rings (SSSR count). The summed E-state index contributed by atoms with van der Waals surface area (Å²) in [6.45, 7) is 0. The standard InChI is InChI=1S/C7H7NO3.Na/c8-6-2-1-4(9)3-5(6)7(10)11;/h1-3,9H,8H2,(H,10,11);/q;+1/p-1. The summed E-state index contributed by atoms with van der Waals surface area (Å²) in [7, 11) is 0. The Balaban J connectivity index is 0.00000121. The Kier molecular flexibility index (Phi) is 4.09. The van der Waals surface area contributed by atoms with Gasteiger partial charge >= 0.3 is 29.6 Å². The van der Waals surface area contributed by atoms with Gasteiger partial charge in [0.2, 0.25) is 0 Å². The average molecular weight is 175 g/mol. The monoisotopic (exact) mass is 175 g/mol. The minimum Gasteiger partial charge on any atom is -0.545 e. The van der Waals surface area contributed by atoms with E-state index in [-0.39, 0.29) is 46.6 Å². The maximum Gasteiger partial charge on any atom is 1.00 e. The molecule has 0 aliphatic rings. The molecule has 0 fully saturated rings. The van der Waals surface area contributed by atoms with Crippen molar-refractivity contribution in [1.29, 1.82) is 0 Å². The Hall–Kier alpha value is -0.710. The van der Waals surface area contributed by atoms with Crippen molar-refractivity contribution < 1.29 is 44.6 Å². The number of carbonyl (C=O) groups excluding carboxylic acids is 1. The van der Waals surface area contributed by atoms with E-state index in [1.807, 2.05) is 0 Å². The topological polar surface area (TPSA) is 86.4 Å². The van der Waals surface area contributed by atoms with E-state index in [2.05, 4.69) is 0 Å². The van der Waals surface area contributed by atoms with Crippen molar-refractivity contribution in [1.82, 2.24) is 0 Å². The van der Waals surface area contributed by atoms with Crippen molar-refractivity contribution in [3.05, 3.63) is 23.8 Å². The van der Waals surface area contributed by atoms with Gasteiger partial charge in [0.25, 0.3) is 0 Å². The summed E-state index contributed by atoms with van der Waals surface area (Å²) in [6.07, 6.45) is 0. The minimum atomic E-state index is -1.39. The predicted molar refractivity (Wildman–Crippen MR) is 36.8 cm³/mol. The van der Waals surface area contributed by atoms with Crippen molar-refractivity contribution >= 4 is 11.7 Å². The number of carboxylic acid groups (broad SMARTS) is 1. The molecule has 58 valence electrons. The number of carbonyl (C=O) groups is 1. The molecule has 5 heteroatoms. The molecule has 0 atom stereocenters. The summed E-state index contributed by atoms with van der Waals surface area (Å²) >= 11 is 0. The third-order valence-electron chi connectivity index (χ3n) is 1.26. The number of aromatic hydroxyl groups is 1. The first-order valence-electron chi connectivity index (χ1n) is 2.91. The van der Waals surface area contributed by atoms with Gasteiger partial charge in [0.05, 0.1) is 5.97 Å². The molecule has 12 heavy (non-hydrogen) atoms. The summed E-state index contributed by atoms with van der Waals surface area (Å²) in [4.78, 5) is 10.3. The van der Waals surface area contributed by atoms with E-state index >= 15 is 0 Å². The molecule has 0 saturated heterocycles. The van der Waals surface area contributed by atoms with Crippen molar-refractivity contribution in [3.8, 4) is 5.75 Å². The van der Waals surface area contributed by atoms with Crippen LogP contribution in [-0.2, 0) is 0 Å². The molecule has 0 aliphatic heterocycles. The summed E-state index contributed by atoms with van der Waals surface area (Å²) in [5.74, 6) is -1.53. The summed E-state index contributed by atoms with van der Waals surface area (Å²) in [5.41, 5.74) is 5.15. The predicted octanol–water partition coefficient (Wildman–Crippen LogP) is -3.66. The number of phenols is 1. The van der Waals surface area contributed by atoms with Gasteiger partial charge in [-0.1, -0.05) is 0 Å². The van der Waals surface area contributed by atoms with E-state index in [1.165, 1.54) is 12.1 Å². The number of hydrogen-bond acceptors (Lipinski definition) is 4. The molecule has 0 saturated carbocycles. The molecule has 0 amide bonds. The third kappa shape index (κ3) is 2.41. The van der Waals surface area contributed by atoms with Gasteiger partial charge in [0, 0.05) is 11.3 Å². The third-order valence-corrected chi connectivity index (χ3v) is 1.26. The van der Waals surface area contributed by atoms with Crippen molar-refractivity contribution in [2.24, 2.45) is 0 Å². The number of phenolic OH excluding ortho intramolecular Hbond substituents is 1. The van der Waals surface area contributed by atoms with Gasteiger partial charge in [-0.3, -0.25) is 0 Å². The van der Waals surface area contributed by atoms with Gasteiger partial charge < -0.3 is 20.7 Å². The minimum absolute atomic E-state index is 0. The van der Waals surface area contributed by atoms with Crippen LogP contribution in [-0.4, -0.2) is 11.1 Å². The number of carboxylic acids is 1. The maximum atomic E-state index is 10.3. The number of nitrogen functional groups attached to an aromatic ring is 1. The zero-order chi connectivity index (χ0) is 8.43. The summed E-state index contributed by atoms with van der Waals surface area (Å²) in [5, 5.41) is 19.1. The second-order valence-electron chi connectivity index (χ2n) is 2.06. The van der Waals surface area contributed by atoms with Gasteiger partial charge in [0.1, 0.15) is 5.75 Å². The second-order valence-corrected chi connectivity index (χ2v) is 2.06. The van der Waals surface area contributed by atoms with Crippen LogP contribution < -0.4 is 40.4 Å². The smallest absolute Gasteiger partial charge is 0.545 e. The van der Waals surface area contributed by atoms with E-state index < -0.39 is 5.97 Å². The molecule has 0 spiro atoms. The zero-order valence-electron chi connectivity index (χ0n) is 6.57. The normalized spacial score (nSPS) is 8.67. The largest absolute Gasteiger partial charge is 1.00 e. The van der Waals surface area contributed by atoms with Crippen LogP contribution in [0.4, 0.5) is 5.69 Å². The van der Waals surface area contributed by atoms with Crippen LogP contribution in [0.25, 0.3) is 0 Å². The van der Waals surface area contributed by atoms with Gasteiger partial charge in [0.15, 0.2) is 0 Å². The average Bonchev–Trinajstić information content (AvgIpc) is 1.94. The molecule has 3 N–H and O–H groups in total. The van der Waals surface area contributed by atoms with Crippen molar-refractivity contribution in [3.63, 3.8) is 0 Å². The summed E-state index contributed by atoms with van der Waals surface area (Å²) < 4.78 is 0. The Bertz CT molecular complexity index is 301. The molecule has 0 bridgehead atoms. The fraction of sp³-hybridized carbons (Fsp3) is 0. The maximum absolute atomic E-state index is 10.3. The molecule has 0 heterocycles. The Labute approximate surface area is 91.3 Å². The quantitative estimate of drug-likeness (QED) is 0.262. The fourth-order valence-corrected chi connectivity index (χ4v) is 0.721. The molecular weight excluding hydrogens is 169 g/mol. The molecule has 0 radical (unpaired) electrons. The molecule has 1 aromatic carbocycles. The van der Waals surface area contributed by atoms with Gasteiger partial charge in [-0.05, 0) is 18.2 Å². The van der Waals surface area contributed by atoms with E-state index in [1.54, 1.807) is 0 Å². The number of rotatable bonds is 1. The first-order valence-corrected chi connectivity index (χ1v) is 2.91. The van der Waals surface area contributed by atoms with Gasteiger partial charge in [-0.25, -0.2) is 0 Å². The van der Waals surface area contributed by atoms with Crippen LogP contribution in [0.1, 0.15) is 10.4 Å². The number of nitrogens with two attached hydrogens (primary N) is 1. The molecule has 0 aliphatic carbocycles. The zero-order valence-corrected chi connectivity index (χ0v) is 8.57. The van der Waals surface area contributed by atoms with Crippen molar-refractivity contribution in [2.45, 2.75) is 0 Å². The number of benzene rings is 1. The molecular formula is C7H6NNaO3. The SMILES string of the molecule is Nc1ccc(O)cc1C(=O)[O-].[Na+]. The molecule has 0 aromatic heterocycles. The molecule has 1 aromatic rings. The Morgan fingerprint density at radius 2 is 2.08 bits per heavy atom. The van der Waals surface area contributed by atoms with Crippen molar-refractivity contribution in [2.75, 3.05) is 5.73 Å². The Morgan fingerprint density at radius 3 is 2.50 bits per heavy atom. The molecule has 0 unspecified atom stereocenters. The number of anilines is 1. The first-order chi connectivity index (χ1) is 5.11. The van der Waals surface area contributed by atoms with E-state index in [0.717, 1.165) is 6.07 Å². The van der Waals surface area contributed by atoms with E-state index in [4.69, 9.17) is 10.8 Å². The second kappa shape index (κ2) is 4.35. The first kappa shape index (κ1) is 11.3. The molecule has 4 nitrogen and oxygen atoms in total. The summed E-state index contributed by atoms with van der Waals surface area (Å²) in [6, 6.07) is 3.66. The van der Waals surface area contributed by atoms with Crippen LogP contribution >= 0.6 is 0 Å². The van der Waals surface area contributed by atoms with Gasteiger partial charge in [-0.15, -0.1) is 0 Å². The van der Waals surface area contributed by atoms with Crippen LogP contribution in [0, 0.1) is 0 Å². The van der Waals surface area contributed by atoms with Crippen LogP contribution in [0.3, 0.4) is 0 Å². The number of aromatic carboxylic acids is 1. The van der Waals surface area contributed by atoms with Crippen LogP contribution in [0.5, 0.6) is 5.75 Å². The van der Waals surface area contributed by atoms with E-state index in [9.17, 15) is 9.90 Å². The number of hydrogen-bond donors (Lipinski definition) is 2. The van der Waals surface area contributed by atoms with Gasteiger partial charge in [-0.2, -0.15) is 0 Å². The van der Waals surface area contributed by atoms with Crippen LogP contribution in [0.2, 0.25) is 0 Å². The fourth-order valence-electron chi connectivity index (χ4n) is 0.721. The Morgan fingerprint density at radius 1 is 1.50 bits per heavy atom. The van der Waals surface area contributed by atoms with Crippen LogP contribution in [0.15, 0.2) is 18.2 Å². The van der Waals surface area contributed by atoms with E-state index in [0.29, 0.717) is 0 Å².